The van der Waals surface area contributed by atoms with E-state index in [4.69, 9.17) is 10.5 Å². The zero-order chi connectivity index (χ0) is 11.0. The second-order valence-corrected chi connectivity index (χ2v) is 3.73. The fraction of sp³-hybridized carbons (Fsp3) is 0.818. The number of nitrogens with one attached hydrogen (secondary N) is 1. The van der Waals surface area contributed by atoms with Crippen molar-refractivity contribution in [2.45, 2.75) is 26.3 Å². The molecule has 0 bridgehead atoms. The molecule has 0 aromatic heterocycles. The Hall–Kier alpha value is -0.560. The van der Waals surface area contributed by atoms with Gasteiger partial charge in [-0.1, -0.05) is 19.8 Å². The molecule has 0 heterocycles. The van der Waals surface area contributed by atoms with E-state index in [1.807, 2.05) is 6.92 Å². The summed E-state index contributed by atoms with van der Waals surface area (Å²) in [6, 6.07) is 0. The molecule has 0 saturated heterocycles. The van der Waals surface area contributed by atoms with E-state index in [0.29, 0.717) is 25.6 Å². The molecule has 3 heteroatoms. The molecule has 0 rings (SSSR count). The zero-order valence-electron chi connectivity index (χ0n) is 9.68. The van der Waals surface area contributed by atoms with E-state index in [2.05, 4.69) is 31.0 Å². The molecule has 0 amide bonds. The normalized spacial score (nSPS) is 14.7. The molecule has 0 saturated carbocycles. The van der Waals surface area contributed by atoms with Crippen molar-refractivity contribution in [2.75, 3.05) is 26.8 Å². The number of hydrogen-bond acceptors (Lipinski definition) is 3. The minimum Gasteiger partial charge on any atom is -0.383 e. The van der Waals surface area contributed by atoms with Gasteiger partial charge in [0.2, 0.25) is 0 Å². The van der Waals surface area contributed by atoms with Gasteiger partial charge in [-0.05, 0) is 12.8 Å². The third-order valence-electron chi connectivity index (χ3n) is 2.58. The molecule has 82 valence electrons. The lowest BCUT2D eigenvalue weighted by Gasteiger charge is -2.36. The second-order valence-electron chi connectivity index (χ2n) is 3.73. The fourth-order valence-corrected chi connectivity index (χ4v) is 1.35. The zero-order valence-corrected chi connectivity index (χ0v) is 9.68. The highest BCUT2D eigenvalue weighted by molar-refractivity contribution is 5.01. The largest absolute Gasteiger partial charge is 0.383 e. The van der Waals surface area contributed by atoms with Gasteiger partial charge in [-0.15, -0.1) is 5.92 Å². The Labute approximate surface area is 87.4 Å². The van der Waals surface area contributed by atoms with E-state index in [1.54, 1.807) is 7.11 Å². The van der Waals surface area contributed by atoms with Crippen molar-refractivity contribution >= 4 is 0 Å². The lowest BCUT2D eigenvalue weighted by molar-refractivity contribution is 0.0862. The van der Waals surface area contributed by atoms with E-state index in [1.165, 1.54) is 0 Å². The van der Waals surface area contributed by atoms with E-state index < -0.39 is 0 Å². The number of ether oxygens (including phenoxy) is 1. The van der Waals surface area contributed by atoms with Crippen molar-refractivity contribution in [3.8, 4) is 11.8 Å². The summed E-state index contributed by atoms with van der Waals surface area (Å²) in [5.74, 6) is 6.25. The van der Waals surface area contributed by atoms with Crippen LogP contribution in [0.15, 0.2) is 0 Å². The lowest BCUT2D eigenvalue weighted by atomic mass is 9.87. The highest BCUT2D eigenvalue weighted by atomic mass is 16.5. The smallest absolute Gasteiger partial charge is 0.0659 e. The van der Waals surface area contributed by atoms with E-state index in [9.17, 15) is 0 Å². The molecule has 0 aliphatic carbocycles. The molecule has 3 nitrogen and oxygen atoms in total. The minimum absolute atomic E-state index is 0.154. The SMILES string of the molecule is CC#CCNC(CN)(COC)C(C)C. The van der Waals surface area contributed by atoms with Gasteiger partial charge in [0, 0.05) is 13.7 Å². The average molecular weight is 198 g/mol. The number of hydrogen-bond donors (Lipinski definition) is 2. The summed E-state index contributed by atoms with van der Waals surface area (Å²) in [6.07, 6.45) is 0. The van der Waals surface area contributed by atoms with E-state index >= 15 is 0 Å². The van der Waals surface area contributed by atoms with E-state index in [0.717, 1.165) is 0 Å². The predicted octanol–water partition coefficient (Wildman–Crippen LogP) is 0.599. The Balaban J connectivity index is 4.38. The van der Waals surface area contributed by atoms with Crippen LogP contribution in [0.5, 0.6) is 0 Å². The number of rotatable bonds is 6. The minimum atomic E-state index is -0.154. The molecule has 0 aliphatic rings. The summed E-state index contributed by atoms with van der Waals surface area (Å²) in [5.41, 5.74) is 5.63. The first kappa shape index (κ1) is 13.4. The molecular weight excluding hydrogens is 176 g/mol. The van der Waals surface area contributed by atoms with Gasteiger partial charge in [0.1, 0.15) is 0 Å². The molecule has 1 atom stereocenters. The first-order valence-corrected chi connectivity index (χ1v) is 4.96. The van der Waals surface area contributed by atoms with Crippen LogP contribution in [0.4, 0.5) is 0 Å². The van der Waals surface area contributed by atoms with Crippen molar-refractivity contribution in [1.82, 2.24) is 5.32 Å². The molecule has 1 unspecified atom stereocenters. The second kappa shape index (κ2) is 6.83. The van der Waals surface area contributed by atoms with Gasteiger partial charge in [-0.25, -0.2) is 0 Å². The van der Waals surface area contributed by atoms with Crippen molar-refractivity contribution in [3.05, 3.63) is 0 Å². The molecule has 0 aromatic rings. The highest BCUT2D eigenvalue weighted by Crippen LogP contribution is 2.15. The molecule has 0 aromatic carbocycles. The summed E-state index contributed by atoms with van der Waals surface area (Å²) < 4.78 is 5.20. The van der Waals surface area contributed by atoms with Crippen LogP contribution < -0.4 is 11.1 Å². The first-order valence-electron chi connectivity index (χ1n) is 4.96. The van der Waals surface area contributed by atoms with Gasteiger partial charge in [-0.2, -0.15) is 0 Å². The van der Waals surface area contributed by atoms with Crippen LogP contribution in [0.3, 0.4) is 0 Å². The maximum Gasteiger partial charge on any atom is 0.0659 e. The molecule has 3 N–H and O–H groups in total. The summed E-state index contributed by atoms with van der Waals surface area (Å²) >= 11 is 0. The average Bonchev–Trinajstić information content (AvgIpc) is 2.16. The highest BCUT2D eigenvalue weighted by Gasteiger charge is 2.31. The first-order chi connectivity index (χ1) is 6.63. The molecule has 0 spiro atoms. The number of nitrogens with two attached hydrogens (primary N) is 1. The Morgan fingerprint density at radius 1 is 1.50 bits per heavy atom. The van der Waals surface area contributed by atoms with Crippen LogP contribution in [0.25, 0.3) is 0 Å². The van der Waals surface area contributed by atoms with Crippen LogP contribution in [0.2, 0.25) is 0 Å². The third-order valence-corrected chi connectivity index (χ3v) is 2.58. The van der Waals surface area contributed by atoms with Gasteiger partial charge >= 0.3 is 0 Å². The Kier molecular flexibility index (Phi) is 6.56. The summed E-state index contributed by atoms with van der Waals surface area (Å²) in [5, 5.41) is 3.36. The topological polar surface area (TPSA) is 47.3 Å². The molecule has 0 radical (unpaired) electrons. The van der Waals surface area contributed by atoms with Crippen LogP contribution in [0, 0.1) is 17.8 Å². The maximum absolute atomic E-state index is 5.79. The monoisotopic (exact) mass is 198 g/mol. The fourth-order valence-electron chi connectivity index (χ4n) is 1.35. The van der Waals surface area contributed by atoms with Gasteiger partial charge in [0.05, 0.1) is 18.7 Å². The van der Waals surface area contributed by atoms with Crippen molar-refractivity contribution < 1.29 is 4.74 Å². The standard InChI is InChI=1S/C11H22N2O/c1-5-6-7-13-11(8-12,9-14-4)10(2)3/h10,13H,7-9,12H2,1-4H3. The van der Waals surface area contributed by atoms with Gasteiger partial charge in [0.15, 0.2) is 0 Å². The molecule has 14 heavy (non-hydrogen) atoms. The Morgan fingerprint density at radius 3 is 2.50 bits per heavy atom. The lowest BCUT2D eigenvalue weighted by Crippen LogP contribution is -2.58. The summed E-state index contributed by atoms with van der Waals surface area (Å²) in [4.78, 5) is 0. The van der Waals surface area contributed by atoms with Gasteiger partial charge in [0.25, 0.3) is 0 Å². The van der Waals surface area contributed by atoms with E-state index in [-0.39, 0.29) is 5.54 Å². The van der Waals surface area contributed by atoms with Gasteiger partial charge < -0.3 is 10.5 Å². The molecular formula is C11H22N2O. The Morgan fingerprint density at radius 2 is 2.14 bits per heavy atom. The third kappa shape index (κ3) is 3.67. The van der Waals surface area contributed by atoms with Crippen LogP contribution in [-0.4, -0.2) is 32.3 Å². The number of methoxy groups -OCH3 is 1. The maximum atomic E-state index is 5.79. The van der Waals surface area contributed by atoms with Crippen LogP contribution in [-0.2, 0) is 4.74 Å². The summed E-state index contributed by atoms with van der Waals surface area (Å²) in [7, 11) is 1.69. The molecule has 0 aliphatic heterocycles. The van der Waals surface area contributed by atoms with Crippen LogP contribution in [0.1, 0.15) is 20.8 Å². The van der Waals surface area contributed by atoms with Gasteiger partial charge in [-0.3, -0.25) is 5.32 Å². The quantitative estimate of drug-likeness (QED) is 0.614. The van der Waals surface area contributed by atoms with Crippen LogP contribution >= 0.6 is 0 Å². The molecule has 0 fully saturated rings. The summed E-state index contributed by atoms with van der Waals surface area (Å²) in [6.45, 7) is 7.94. The Bertz CT molecular complexity index is 205. The predicted molar refractivity (Wildman–Crippen MR) is 60.0 cm³/mol. The van der Waals surface area contributed by atoms with Crippen molar-refractivity contribution in [2.24, 2.45) is 11.7 Å². The van der Waals surface area contributed by atoms with Crippen molar-refractivity contribution in [3.63, 3.8) is 0 Å². The van der Waals surface area contributed by atoms with Crippen molar-refractivity contribution in [1.29, 1.82) is 0 Å².